The topological polar surface area (TPSA) is 113 Å². The van der Waals surface area contributed by atoms with E-state index in [4.69, 9.17) is 33.7 Å². The lowest BCUT2D eigenvalue weighted by atomic mass is 9.39. The molecule has 4 saturated carbocycles. The van der Waals surface area contributed by atoms with Crippen molar-refractivity contribution >= 4 is 18.7 Å². The van der Waals surface area contributed by atoms with Gasteiger partial charge in [0.25, 0.3) is 0 Å². The van der Waals surface area contributed by atoms with Crippen molar-refractivity contribution in [3.8, 4) is 0 Å². The Labute approximate surface area is 277 Å². The second-order valence-electron chi connectivity index (χ2n) is 18.0. The molecule has 4 aliphatic carbocycles. The van der Waals surface area contributed by atoms with E-state index in [0.717, 1.165) is 37.0 Å². The van der Waals surface area contributed by atoms with Gasteiger partial charge in [-0.15, -0.1) is 0 Å². The summed E-state index contributed by atoms with van der Waals surface area (Å²) in [6.07, 6.45) is 8.52. The van der Waals surface area contributed by atoms with Gasteiger partial charge in [0.15, 0.2) is 0 Å². The molecule has 5 aliphatic rings. The van der Waals surface area contributed by atoms with Crippen molar-refractivity contribution < 1.29 is 33.4 Å². The van der Waals surface area contributed by atoms with Crippen molar-refractivity contribution in [3.05, 3.63) is 11.9 Å². The smallest absolute Gasteiger partial charge is 0.465 e. The zero-order chi connectivity index (χ0) is 33.8. The molecule has 11 heteroatoms. The van der Waals surface area contributed by atoms with Crippen LogP contribution in [0.15, 0.2) is 6.20 Å². The summed E-state index contributed by atoms with van der Waals surface area (Å²) in [6, 6.07) is -0.166. The number of rotatable bonds is 14. The number of ether oxygens (including phenoxy) is 3. The number of amides is 1. The Hall–Kier alpha value is -1.66. The predicted molar refractivity (Wildman–Crippen MR) is 178 cm³/mol. The van der Waals surface area contributed by atoms with Gasteiger partial charge in [0.2, 0.25) is 0 Å². The van der Waals surface area contributed by atoms with Crippen LogP contribution in [0, 0.1) is 28.6 Å². The molecule has 6 rings (SSSR count). The Balaban J connectivity index is 1.13. The molecule has 1 amide bonds. The van der Waals surface area contributed by atoms with Gasteiger partial charge in [0.05, 0.1) is 43.2 Å². The zero-order valence-corrected chi connectivity index (χ0v) is 30.2. The molecular weight excluding hydrogens is 585 g/mol. The number of hydrogen-bond acceptors (Lipinski definition) is 7. The first-order valence-corrected chi connectivity index (χ1v) is 17.4. The lowest BCUT2D eigenvalue weighted by Crippen LogP contribution is -2.64. The summed E-state index contributed by atoms with van der Waals surface area (Å²) in [4.78, 5) is 11.1. The molecule has 5 fully saturated rings. The first-order chi connectivity index (χ1) is 21.2. The molecular formula is C35H60BN3O7. The van der Waals surface area contributed by atoms with Gasteiger partial charge in [-0.25, -0.2) is 4.79 Å². The Morgan fingerprint density at radius 2 is 1.50 bits per heavy atom. The molecule has 10 nitrogen and oxygen atoms in total. The molecule has 4 bridgehead atoms. The number of hydrogen-bond donors (Lipinski definition) is 2. The maximum absolute atomic E-state index is 11.1. The summed E-state index contributed by atoms with van der Waals surface area (Å²) in [5.41, 5.74) is 1.74. The van der Waals surface area contributed by atoms with Gasteiger partial charge in [-0.05, 0) is 101 Å². The van der Waals surface area contributed by atoms with Crippen molar-refractivity contribution in [3.63, 3.8) is 0 Å². The van der Waals surface area contributed by atoms with E-state index in [1.54, 1.807) is 0 Å². The standard InChI is InChI=1S/C35H60BN3O7/c1-25-26(36-45-30(5,6)31(7,8)46-36)17-37-39(25)24-34-19-32(9)18-33(10,20-34)22-35(21-32,23-34)44-16-15-43-14-13-42-12-11-27(29(2,3)4)38-28(40)41/h17,27,38H,11-16,18-24H2,1-10H3,(H,40,41). The molecule has 0 radical (unpaired) electrons. The van der Waals surface area contributed by atoms with Crippen LogP contribution in [-0.2, 0) is 30.1 Å². The molecule has 3 atom stereocenters. The SMILES string of the molecule is Cc1c(B2OC(C)(C)C(C)(C)O2)cnn1CC12CC3(C)CC(C)(C1)CC(OCCOCCOCCC(NC(=O)O)C(C)(C)C)(C3)C2. The summed E-state index contributed by atoms with van der Waals surface area (Å²) in [5.74, 6) is 0. The maximum atomic E-state index is 11.1. The molecule has 1 aliphatic heterocycles. The molecule has 2 N–H and O–H groups in total. The third-order valence-corrected chi connectivity index (χ3v) is 11.7. The second-order valence-corrected chi connectivity index (χ2v) is 18.0. The third kappa shape index (κ3) is 7.48. The van der Waals surface area contributed by atoms with Gasteiger partial charge in [0, 0.05) is 36.5 Å². The highest BCUT2D eigenvalue weighted by molar-refractivity contribution is 6.62. The van der Waals surface area contributed by atoms with E-state index >= 15 is 0 Å². The van der Waals surface area contributed by atoms with Crippen LogP contribution < -0.4 is 10.8 Å². The molecule has 3 unspecified atom stereocenters. The van der Waals surface area contributed by atoms with Gasteiger partial charge in [-0.1, -0.05) is 34.6 Å². The zero-order valence-electron chi connectivity index (χ0n) is 30.2. The fourth-order valence-corrected chi connectivity index (χ4v) is 10.0. The summed E-state index contributed by atoms with van der Waals surface area (Å²) in [6.45, 7) is 25.0. The van der Waals surface area contributed by atoms with Crippen LogP contribution in [0.3, 0.4) is 0 Å². The van der Waals surface area contributed by atoms with Crippen LogP contribution in [0.4, 0.5) is 4.79 Å². The van der Waals surface area contributed by atoms with Crippen molar-refractivity contribution in [1.82, 2.24) is 15.1 Å². The Morgan fingerprint density at radius 1 is 0.935 bits per heavy atom. The molecule has 1 aromatic rings. The van der Waals surface area contributed by atoms with Crippen molar-refractivity contribution in [2.45, 2.75) is 144 Å². The van der Waals surface area contributed by atoms with Crippen LogP contribution in [0.1, 0.15) is 113 Å². The lowest BCUT2D eigenvalue weighted by molar-refractivity contribution is -0.250. The van der Waals surface area contributed by atoms with Crippen molar-refractivity contribution in [2.75, 3.05) is 33.0 Å². The van der Waals surface area contributed by atoms with Crippen LogP contribution in [-0.4, -0.2) is 84.0 Å². The molecule has 1 aromatic heterocycles. The van der Waals surface area contributed by atoms with Gasteiger partial charge in [-0.2, -0.15) is 5.10 Å². The summed E-state index contributed by atoms with van der Waals surface area (Å²) < 4.78 is 33.5. The highest BCUT2D eigenvalue weighted by Gasteiger charge is 2.66. The predicted octanol–water partition coefficient (Wildman–Crippen LogP) is 5.73. The number of aromatic nitrogens is 2. The van der Waals surface area contributed by atoms with Gasteiger partial charge < -0.3 is 33.9 Å². The highest BCUT2D eigenvalue weighted by atomic mass is 16.7. The normalized spacial score (nSPS) is 33.5. The molecule has 0 aromatic carbocycles. The van der Waals surface area contributed by atoms with Gasteiger partial charge in [-0.3, -0.25) is 4.68 Å². The van der Waals surface area contributed by atoms with E-state index < -0.39 is 13.2 Å². The minimum atomic E-state index is -1.00. The first-order valence-electron chi connectivity index (χ1n) is 17.4. The Bertz CT molecular complexity index is 1220. The number of carbonyl (C=O) groups is 1. The van der Waals surface area contributed by atoms with E-state index in [9.17, 15) is 4.79 Å². The molecule has 0 spiro atoms. The Kier molecular flexibility index (Phi) is 9.57. The van der Waals surface area contributed by atoms with Gasteiger partial charge in [0.1, 0.15) is 0 Å². The molecule has 1 saturated heterocycles. The molecule has 2 heterocycles. The number of nitrogens with one attached hydrogen (secondary N) is 1. The fraction of sp³-hybridized carbons (Fsp3) is 0.886. The molecule has 260 valence electrons. The third-order valence-electron chi connectivity index (χ3n) is 11.7. The van der Waals surface area contributed by atoms with E-state index in [0.29, 0.717) is 39.5 Å². The average Bonchev–Trinajstić information content (AvgIpc) is 3.32. The monoisotopic (exact) mass is 645 g/mol. The molecule has 46 heavy (non-hydrogen) atoms. The lowest BCUT2D eigenvalue weighted by Gasteiger charge is -2.69. The van der Waals surface area contributed by atoms with Gasteiger partial charge >= 0.3 is 13.2 Å². The quantitative estimate of drug-likeness (QED) is 0.195. The Morgan fingerprint density at radius 3 is 2.07 bits per heavy atom. The largest absolute Gasteiger partial charge is 0.498 e. The van der Waals surface area contributed by atoms with Crippen molar-refractivity contribution in [2.24, 2.45) is 21.7 Å². The van der Waals surface area contributed by atoms with E-state index in [1.807, 2.05) is 27.0 Å². The fourth-order valence-electron chi connectivity index (χ4n) is 10.0. The van der Waals surface area contributed by atoms with Crippen molar-refractivity contribution in [1.29, 1.82) is 0 Å². The average molecular weight is 646 g/mol. The van der Waals surface area contributed by atoms with Crippen LogP contribution in [0.25, 0.3) is 0 Å². The summed E-state index contributed by atoms with van der Waals surface area (Å²) in [7, 11) is -0.403. The first kappa shape index (κ1) is 35.6. The van der Waals surface area contributed by atoms with E-state index in [1.165, 1.54) is 19.3 Å². The van der Waals surface area contributed by atoms with E-state index in [2.05, 4.69) is 58.5 Å². The highest BCUT2D eigenvalue weighted by Crippen LogP contribution is 2.72. The second kappa shape index (κ2) is 12.3. The van der Waals surface area contributed by atoms with Crippen LogP contribution in [0.2, 0.25) is 0 Å². The maximum Gasteiger partial charge on any atom is 0.498 e. The summed E-state index contributed by atoms with van der Waals surface area (Å²) >= 11 is 0. The number of nitrogens with zero attached hydrogens (tertiary/aromatic N) is 2. The van der Waals surface area contributed by atoms with Crippen LogP contribution >= 0.6 is 0 Å². The number of carboxylic acid groups (broad SMARTS) is 1. The van der Waals surface area contributed by atoms with Crippen LogP contribution in [0.5, 0.6) is 0 Å². The minimum Gasteiger partial charge on any atom is -0.465 e. The summed E-state index contributed by atoms with van der Waals surface area (Å²) in [5, 5.41) is 16.6. The minimum absolute atomic E-state index is 0.132. The van der Waals surface area contributed by atoms with E-state index in [-0.39, 0.29) is 44.5 Å².